The first-order valence-electron chi connectivity index (χ1n) is 28.0. The second-order valence-corrected chi connectivity index (χ2v) is 20.2. The minimum atomic E-state index is -2.81. The number of nitrogens with two attached hydrogens (primary N) is 4. The maximum absolute atomic E-state index is 14.4. The van der Waals surface area contributed by atoms with Crippen LogP contribution in [-0.4, -0.2) is 202 Å². The Kier molecular flexibility index (Phi) is 34.5. The predicted octanol–water partition coefficient (Wildman–Crippen LogP) is -5.64. The van der Waals surface area contributed by atoms with Gasteiger partial charge in [0.15, 0.2) is 18.1 Å². The summed E-state index contributed by atoms with van der Waals surface area (Å²) in [6.45, 7) is 0.672. The zero-order chi connectivity index (χ0) is 63.6. The van der Waals surface area contributed by atoms with E-state index in [1.54, 1.807) is 30.3 Å². The Balaban J connectivity index is 2.85. The van der Waals surface area contributed by atoms with E-state index in [2.05, 4.69) is 49.1 Å². The van der Waals surface area contributed by atoms with Gasteiger partial charge in [-0.15, -0.1) is 11.6 Å². The first-order valence-corrected chi connectivity index (χ1v) is 28.5. The lowest BCUT2D eigenvalue weighted by Gasteiger charge is -2.28. The van der Waals surface area contributed by atoms with Crippen LogP contribution in [0.1, 0.15) is 103 Å². The molecular formula is C53H85ClN14O17. The number of carboxylic acids is 1. The summed E-state index contributed by atoms with van der Waals surface area (Å²) in [5.74, 6) is -15.6. The second kappa shape index (κ2) is 39.9. The van der Waals surface area contributed by atoms with Gasteiger partial charge >= 0.3 is 11.9 Å². The molecule has 476 valence electrons. The molecule has 0 spiro atoms. The molecule has 1 aromatic carbocycles. The normalized spacial score (nSPS) is 23.7. The van der Waals surface area contributed by atoms with Crippen molar-refractivity contribution >= 4 is 82.7 Å². The van der Waals surface area contributed by atoms with Crippen molar-refractivity contribution in [1.82, 2.24) is 47.9 Å². The molecular weight excluding hydrogens is 1140 g/mol. The molecule has 0 bridgehead atoms. The molecule has 0 aliphatic carbocycles. The number of ether oxygens (including phenoxy) is 1. The highest BCUT2D eigenvalue weighted by Crippen LogP contribution is 2.13. The number of unbranched alkanes of at least 4 members (excludes halogenated alkanes) is 5. The number of guanidine groups is 1. The number of aliphatic carboxylic acids is 1. The van der Waals surface area contributed by atoms with E-state index in [1.807, 2.05) is 10.6 Å². The zero-order valence-corrected chi connectivity index (χ0v) is 48.5. The SMILES string of the molecule is CC/C=C1\NC(=O)[C@H](Cc2ccccc2)NC(=O)C(CCCN=C(N)N)NC(=O)[C@H](CCN)NC(=O)C(CCN)NC(=O)[C@H](CO)NC(=O)[C@@H](NC(=O)CC(O)CCCCCCCC)COC(=O)[C@H]([C@H](O)CCl)NC(=O)C(C(O)C(=O)O)NC1=O. The van der Waals surface area contributed by atoms with Crippen molar-refractivity contribution in [2.45, 2.75) is 170 Å². The summed E-state index contributed by atoms with van der Waals surface area (Å²) in [7, 11) is 0. The van der Waals surface area contributed by atoms with Crippen LogP contribution in [0.25, 0.3) is 0 Å². The molecule has 1 fully saturated rings. The Hall–Kier alpha value is -7.55. The van der Waals surface area contributed by atoms with Gasteiger partial charge in [-0.25, -0.2) is 9.59 Å². The van der Waals surface area contributed by atoms with E-state index in [0.717, 1.165) is 38.2 Å². The van der Waals surface area contributed by atoms with Gasteiger partial charge in [0.1, 0.15) is 54.6 Å². The van der Waals surface area contributed by atoms with Crippen LogP contribution in [0.3, 0.4) is 0 Å². The number of aliphatic hydroxyl groups excluding tert-OH is 4. The Morgan fingerprint density at radius 3 is 1.80 bits per heavy atom. The summed E-state index contributed by atoms with van der Waals surface area (Å²) >= 11 is 5.89. The van der Waals surface area contributed by atoms with Crippen molar-refractivity contribution in [3.8, 4) is 0 Å². The fraction of sp³-hybridized carbons (Fsp3) is 0.623. The molecule has 5 unspecified atom stereocenters. The van der Waals surface area contributed by atoms with Crippen LogP contribution in [0, 0.1) is 0 Å². The molecule has 0 radical (unpaired) electrons. The van der Waals surface area contributed by atoms with Gasteiger partial charge in [-0.1, -0.05) is 88.8 Å². The molecule has 85 heavy (non-hydrogen) atoms. The topological polar surface area (TPSA) is 523 Å². The lowest BCUT2D eigenvalue weighted by Crippen LogP contribution is -2.62. The van der Waals surface area contributed by atoms with Crippen molar-refractivity contribution in [2.75, 3.05) is 38.7 Å². The van der Waals surface area contributed by atoms with Gasteiger partial charge in [0, 0.05) is 13.0 Å². The van der Waals surface area contributed by atoms with Crippen molar-refractivity contribution in [2.24, 2.45) is 27.9 Å². The van der Waals surface area contributed by atoms with Gasteiger partial charge in [-0.05, 0) is 57.2 Å². The number of aliphatic hydroxyl groups is 4. The lowest BCUT2D eigenvalue weighted by atomic mass is 10.0. The molecule has 0 aromatic heterocycles. The number of amides is 9. The first-order chi connectivity index (χ1) is 40.4. The fourth-order valence-electron chi connectivity index (χ4n) is 8.34. The third-order valence-electron chi connectivity index (χ3n) is 13.0. The lowest BCUT2D eigenvalue weighted by molar-refractivity contribution is -0.155. The smallest absolute Gasteiger partial charge is 0.335 e. The number of cyclic esters (lactones) is 1. The van der Waals surface area contributed by atoms with E-state index in [4.69, 9.17) is 39.3 Å². The van der Waals surface area contributed by atoms with Crippen LogP contribution in [0.4, 0.5) is 0 Å². The molecule has 1 aromatic rings. The molecule has 1 aliphatic rings. The van der Waals surface area contributed by atoms with E-state index >= 15 is 0 Å². The van der Waals surface area contributed by atoms with Crippen molar-refractivity contribution < 1.29 is 83.0 Å². The average Bonchev–Trinajstić information content (AvgIpc) is 3.59. The van der Waals surface area contributed by atoms with Gasteiger partial charge in [-0.3, -0.25) is 48.1 Å². The number of carbonyl (C=O) groups is 11. The Labute approximate surface area is 496 Å². The Bertz CT molecular complexity index is 2440. The van der Waals surface area contributed by atoms with Gasteiger partial charge in [0.05, 0.1) is 31.1 Å². The number of benzene rings is 1. The number of carbonyl (C=O) groups excluding carboxylic acids is 10. The average molecular weight is 1230 g/mol. The minimum absolute atomic E-state index is 0.0173. The zero-order valence-electron chi connectivity index (χ0n) is 47.7. The van der Waals surface area contributed by atoms with Crippen LogP contribution in [0.2, 0.25) is 0 Å². The summed E-state index contributed by atoms with van der Waals surface area (Å²) in [6.07, 6.45) is -1.24. The maximum atomic E-state index is 14.4. The van der Waals surface area contributed by atoms with Gasteiger partial charge < -0.3 is 101 Å². The van der Waals surface area contributed by atoms with E-state index in [-0.39, 0.29) is 70.5 Å². The van der Waals surface area contributed by atoms with E-state index in [9.17, 15) is 78.3 Å². The number of hydrogen-bond acceptors (Lipinski definition) is 19. The van der Waals surface area contributed by atoms with E-state index < -0.39 is 163 Å². The number of nitrogens with one attached hydrogen (secondary N) is 9. The van der Waals surface area contributed by atoms with Crippen LogP contribution < -0.4 is 70.8 Å². The number of alkyl halides is 1. The summed E-state index contributed by atoms with van der Waals surface area (Å²) in [5, 5.41) is 73.4. The first kappa shape index (κ1) is 73.6. The molecule has 1 aliphatic heterocycles. The number of rotatable bonds is 26. The number of esters is 1. The van der Waals surface area contributed by atoms with Gasteiger partial charge in [-0.2, -0.15) is 0 Å². The predicted molar refractivity (Wildman–Crippen MR) is 306 cm³/mol. The Morgan fingerprint density at radius 2 is 1.26 bits per heavy atom. The van der Waals surface area contributed by atoms with E-state index in [1.165, 1.54) is 6.92 Å². The summed E-state index contributed by atoms with van der Waals surface area (Å²) in [5.41, 5.74) is 22.5. The van der Waals surface area contributed by atoms with Gasteiger partial charge in [0.25, 0.3) is 5.91 Å². The summed E-state index contributed by atoms with van der Waals surface area (Å²) < 4.78 is 5.28. The molecule has 22 N–H and O–H groups in total. The van der Waals surface area contributed by atoms with Gasteiger partial charge in [0.2, 0.25) is 47.3 Å². The van der Waals surface area contributed by atoms with E-state index in [0.29, 0.717) is 12.0 Å². The van der Waals surface area contributed by atoms with Crippen LogP contribution in [0.5, 0.6) is 0 Å². The summed E-state index contributed by atoms with van der Waals surface area (Å²) in [6, 6.07) is -6.91. The minimum Gasteiger partial charge on any atom is -0.479 e. The highest BCUT2D eigenvalue weighted by atomic mass is 35.5. The molecule has 2 rings (SSSR count). The standard InChI is InChI=1S/C53H85ClN14O17/c1-3-5-6-7-8-12-17-30(70)25-39(72)60-37-28-85-52(84)40(38(71)26-54)67-50(81)41(42(73)51(82)83)68-46(77)31(14-4-2)61-47(78)35(24-29-15-10-9-11-16-29)65-43(74)32(18-13-23-59-53(57)58)62-44(75)33(19-21-55)63-45(76)34(20-22-56)64-48(79)36(27-69)66-49(37)80/h9-11,14-16,30,32-38,40-42,69-71,73H,3-8,12-13,17-28,55-56H2,1-2H3,(H,60,72)(H,61,78)(H,62,75)(H,63,76)(H,64,79)(H,65,74)(H,66,80)(H,67,81)(H,68,77)(H,82,83)(H4,57,58,59)/b31-14-/t30?,32?,33-,34?,35-,36-,37-,38+,40-,41?,42?/m0/s1. The second-order valence-electron chi connectivity index (χ2n) is 19.9. The monoisotopic (exact) mass is 1220 g/mol. The van der Waals surface area contributed by atoms with Crippen LogP contribution in [0.15, 0.2) is 47.1 Å². The molecule has 9 amide bonds. The molecule has 31 nitrogen and oxygen atoms in total. The number of halogens is 1. The number of allylic oxidation sites excluding steroid dienone is 1. The number of carboxylic acid groups (broad SMARTS) is 1. The fourth-order valence-corrected chi connectivity index (χ4v) is 8.52. The maximum Gasteiger partial charge on any atom is 0.335 e. The highest BCUT2D eigenvalue weighted by molar-refractivity contribution is 6.18. The van der Waals surface area contributed by atoms with Crippen LogP contribution >= 0.6 is 11.6 Å². The van der Waals surface area contributed by atoms with Crippen molar-refractivity contribution in [3.63, 3.8) is 0 Å². The third-order valence-corrected chi connectivity index (χ3v) is 13.3. The van der Waals surface area contributed by atoms with Crippen molar-refractivity contribution in [3.05, 3.63) is 47.7 Å². The molecule has 1 saturated heterocycles. The molecule has 1 heterocycles. The largest absolute Gasteiger partial charge is 0.479 e. The van der Waals surface area contributed by atoms with Crippen molar-refractivity contribution in [1.29, 1.82) is 0 Å². The molecule has 32 heteroatoms. The Morgan fingerprint density at radius 1 is 0.706 bits per heavy atom. The molecule has 11 atom stereocenters. The quantitative estimate of drug-likeness (QED) is 0.0103. The number of hydrogen-bond donors (Lipinski definition) is 18. The third kappa shape index (κ3) is 26.9. The molecule has 0 saturated carbocycles. The highest BCUT2D eigenvalue weighted by Gasteiger charge is 2.40. The number of nitrogens with zero attached hydrogens (tertiary/aromatic N) is 1. The van der Waals surface area contributed by atoms with Crippen LogP contribution in [-0.2, 0) is 63.9 Å². The summed E-state index contributed by atoms with van der Waals surface area (Å²) in [4.78, 5) is 156. The number of aliphatic imine (C=N–C) groups is 1.